The maximum Gasteiger partial charge on any atom is 0.191 e. The molecule has 6 nitrogen and oxygen atoms in total. The van der Waals surface area contributed by atoms with Crippen molar-refractivity contribution in [3.8, 4) is 11.5 Å². The molecule has 2 N–H and O–H groups in total. The topological polar surface area (TPSA) is 64.1 Å². The van der Waals surface area contributed by atoms with Crippen molar-refractivity contribution in [2.24, 2.45) is 4.99 Å². The van der Waals surface area contributed by atoms with Crippen LogP contribution in [0.25, 0.3) is 0 Å². The molecule has 1 heterocycles. The molecule has 0 fully saturated rings. The van der Waals surface area contributed by atoms with Gasteiger partial charge in [-0.3, -0.25) is 0 Å². The number of halogens is 1. The molecule has 7 heteroatoms. The first kappa shape index (κ1) is 17.7. The number of fused-ring (bicyclic) bond motifs is 1. The average molecular weight is 342 g/mol. The van der Waals surface area contributed by atoms with Crippen molar-refractivity contribution in [2.75, 3.05) is 40.0 Å². The Labute approximate surface area is 142 Å². The molecule has 1 aliphatic rings. The van der Waals surface area contributed by atoms with Gasteiger partial charge in [0.05, 0.1) is 11.6 Å². The number of nitrogens with zero attached hydrogens (tertiary/aromatic N) is 1. The van der Waals surface area contributed by atoms with Gasteiger partial charge in [0.1, 0.15) is 13.2 Å². The van der Waals surface area contributed by atoms with Crippen LogP contribution >= 0.6 is 11.6 Å². The van der Waals surface area contributed by atoms with Crippen LogP contribution in [-0.2, 0) is 11.3 Å². The van der Waals surface area contributed by atoms with Crippen LogP contribution in [0.15, 0.2) is 17.1 Å². The van der Waals surface area contributed by atoms with E-state index in [1.54, 1.807) is 7.11 Å². The van der Waals surface area contributed by atoms with E-state index in [0.717, 1.165) is 37.6 Å². The van der Waals surface area contributed by atoms with Gasteiger partial charge in [-0.1, -0.05) is 11.6 Å². The zero-order valence-corrected chi connectivity index (χ0v) is 14.4. The third-order valence-corrected chi connectivity index (χ3v) is 3.52. The summed E-state index contributed by atoms with van der Waals surface area (Å²) in [5.74, 6) is 2.08. The molecule has 0 bridgehead atoms. The second-order valence-corrected chi connectivity index (χ2v) is 5.48. The maximum atomic E-state index is 6.24. The highest BCUT2D eigenvalue weighted by molar-refractivity contribution is 6.32. The number of rotatable bonds is 7. The van der Waals surface area contributed by atoms with Gasteiger partial charge in [-0.2, -0.15) is 0 Å². The van der Waals surface area contributed by atoms with E-state index >= 15 is 0 Å². The summed E-state index contributed by atoms with van der Waals surface area (Å²) in [5, 5.41) is 7.05. The van der Waals surface area contributed by atoms with Crippen molar-refractivity contribution < 1.29 is 14.2 Å². The number of hydrogen-bond acceptors (Lipinski definition) is 4. The SMILES string of the molecule is CCNC(=NCc1cc(Cl)c2c(c1)OCCO2)NCCCOC. The minimum absolute atomic E-state index is 0.510. The summed E-state index contributed by atoms with van der Waals surface area (Å²) in [5.41, 5.74) is 0.980. The second kappa shape index (κ2) is 9.47. The van der Waals surface area contributed by atoms with Crippen molar-refractivity contribution in [3.05, 3.63) is 22.7 Å². The Hall–Kier alpha value is -1.66. The van der Waals surface area contributed by atoms with E-state index in [9.17, 15) is 0 Å². The van der Waals surface area contributed by atoms with E-state index in [1.165, 1.54) is 0 Å². The molecule has 0 amide bonds. The second-order valence-electron chi connectivity index (χ2n) is 5.07. The molecule has 1 aromatic rings. The Morgan fingerprint density at radius 2 is 2.13 bits per heavy atom. The lowest BCUT2D eigenvalue weighted by molar-refractivity contribution is 0.171. The normalized spacial score (nSPS) is 13.8. The van der Waals surface area contributed by atoms with Crippen LogP contribution in [0, 0.1) is 0 Å². The molecule has 0 aliphatic carbocycles. The molecular formula is C16H24ClN3O3. The number of ether oxygens (including phenoxy) is 3. The van der Waals surface area contributed by atoms with E-state index in [0.29, 0.717) is 36.3 Å². The fraction of sp³-hybridized carbons (Fsp3) is 0.562. The fourth-order valence-corrected chi connectivity index (χ4v) is 2.48. The van der Waals surface area contributed by atoms with E-state index in [-0.39, 0.29) is 0 Å². The van der Waals surface area contributed by atoms with Crippen molar-refractivity contribution in [1.82, 2.24) is 10.6 Å². The summed E-state index contributed by atoms with van der Waals surface area (Å²) in [6.07, 6.45) is 0.927. The summed E-state index contributed by atoms with van der Waals surface area (Å²) >= 11 is 6.24. The Balaban J connectivity index is 1.99. The van der Waals surface area contributed by atoms with Gasteiger partial charge >= 0.3 is 0 Å². The molecule has 0 aromatic heterocycles. The highest BCUT2D eigenvalue weighted by Gasteiger charge is 2.16. The third-order valence-electron chi connectivity index (χ3n) is 3.24. The van der Waals surface area contributed by atoms with Crippen LogP contribution in [-0.4, -0.2) is 46.0 Å². The van der Waals surface area contributed by atoms with Crippen LogP contribution in [0.5, 0.6) is 11.5 Å². The Morgan fingerprint density at radius 1 is 1.30 bits per heavy atom. The minimum Gasteiger partial charge on any atom is -0.486 e. The lowest BCUT2D eigenvalue weighted by Gasteiger charge is -2.20. The van der Waals surface area contributed by atoms with Crippen molar-refractivity contribution >= 4 is 17.6 Å². The monoisotopic (exact) mass is 341 g/mol. The van der Waals surface area contributed by atoms with Crippen LogP contribution in [0.1, 0.15) is 18.9 Å². The van der Waals surface area contributed by atoms with Crippen molar-refractivity contribution in [1.29, 1.82) is 0 Å². The quantitative estimate of drug-likeness (QED) is 0.452. The first-order valence-corrected chi connectivity index (χ1v) is 8.21. The average Bonchev–Trinajstić information content (AvgIpc) is 2.56. The number of nitrogens with one attached hydrogen (secondary N) is 2. The summed E-state index contributed by atoms with van der Waals surface area (Å²) in [4.78, 5) is 4.57. The molecule has 2 rings (SSSR count). The molecule has 0 atom stereocenters. The maximum absolute atomic E-state index is 6.24. The van der Waals surface area contributed by atoms with Crippen molar-refractivity contribution in [2.45, 2.75) is 19.9 Å². The number of methoxy groups -OCH3 is 1. The van der Waals surface area contributed by atoms with Gasteiger partial charge < -0.3 is 24.8 Å². The molecule has 1 aromatic carbocycles. The van der Waals surface area contributed by atoms with Crippen LogP contribution < -0.4 is 20.1 Å². The van der Waals surface area contributed by atoms with Gasteiger partial charge in [0, 0.05) is 26.8 Å². The van der Waals surface area contributed by atoms with Gasteiger partial charge in [-0.15, -0.1) is 0 Å². The highest BCUT2D eigenvalue weighted by Crippen LogP contribution is 2.38. The molecule has 1 aliphatic heterocycles. The van der Waals surface area contributed by atoms with Crippen LogP contribution in [0.4, 0.5) is 0 Å². The van der Waals surface area contributed by atoms with E-state index < -0.39 is 0 Å². The molecule has 128 valence electrons. The summed E-state index contributed by atoms with van der Waals surface area (Å²) < 4.78 is 16.1. The summed E-state index contributed by atoms with van der Waals surface area (Å²) in [7, 11) is 1.70. The third kappa shape index (κ3) is 5.48. The molecule has 0 radical (unpaired) electrons. The molecule has 0 saturated heterocycles. The molecule has 0 unspecified atom stereocenters. The summed E-state index contributed by atoms with van der Waals surface area (Å²) in [6, 6.07) is 3.80. The van der Waals surface area contributed by atoms with Gasteiger partial charge in [-0.05, 0) is 31.0 Å². The predicted octanol–water partition coefficient (Wildman–Crippen LogP) is 2.20. The van der Waals surface area contributed by atoms with Gasteiger partial charge in [-0.25, -0.2) is 4.99 Å². The minimum atomic E-state index is 0.510. The fourth-order valence-electron chi connectivity index (χ4n) is 2.19. The van der Waals surface area contributed by atoms with Gasteiger partial charge in [0.2, 0.25) is 0 Å². The lowest BCUT2D eigenvalue weighted by Crippen LogP contribution is -2.38. The smallest absolute Gasteiger partial charge is 0.191 e. The molecule has 23 heavy (non-hydrogen) atoms. The lowest BCUT2D eigenvalue weighted by atomic mass is 10.2. The standard InChI is InChI=1S/C16H24ClN3O3/c1-3-18-16(19-5-4-6-21-2)20-11-12-9-13(17)15-14(10-12)22-7-8-23-15/h9-10H,3-8,11H2,1-2H3,(H2,18,19,20). The van der Waals surface area contributed by atoms with Gasteiger partial charge in [0.15, 0.2) is 17.5 Å². The largest absolute Gasteiger partial charge is 0.486 e. The summed E-state index contributed by atoms with van der Waals surface area (Å²) in [6.45, 7) is 5.95. The molecular weight excluding hydrogens is 318 g/mol. The van der Waals surface area contributed by atoms with Crippen LogP contribution in [0.3, 0.4) is 0 Å². The molecule has 0 saturated carbocycles. The number of guanidine groups is 1. The molecule has 0 spiro atoms. The zero-order valence-electron chi connectivity index (χ0n) is 13.7. The zero-order chi connectivity index (χ0) is 16.5. The number of benzene rings is 1. The Kier molecular flexibility index (Phi) is 7.29. The van der Waals surface area contributed by atoms with E-state index in [2.05, 4.69) is 15.6 Å². The predicted molar refractivity (Wildman–Crippen MR) is 91.8 cm³/mol. The Bertz CT molecular complexity index is 538. The van der Waals surface area contributed by atoms with Gasteiger partial charge in [0.25, 0.3) is 0 Å². The highest BCUT2D eigenvalue weighted by atomic mass is 35.5. The number of aliphatic imine (C=N–C) groups is 1. The Morgan fingerprint density at radius 3 is 2.91 bits per heavy atom. The van der Waals surface area contributed by atoms with E-state index in [1.807, 2.05) is 19.1 Å². The van der Waals surface area contributed by atoms with Crippen LogP contribution in [0.2, 0.25) is 5.02 Å². The first-order chi connectivity index (χ1) is 11.2. The van der Waals surface area contributed by atoms with E-state index in [4.69, 9.17) is 25.8 Å². The first-order valence-electron chi connectivity index (χ1n) is 7.83. The number of hydrogen-bond donors (Lipinski definition) is 2. The van der Waals surface area contributed by atoms with Crippen molar-refractivity contribution in [3.63, 3.8) is 0 Å².